The number of thiophene rings is 1. The van der Waals surface area contributed by atoms with Crippen LogP contribution in [0.4, 0.5) is 22.7 Å². The Morgan fingerprint density at radius 1 is 0.370 bits per heavy atom. The standard InChI is InChI=1S/C42H29N3S/c1-3-11-30(12-4-1)43-32-23-29(24-33(26-32)44-31-20-22-42-38(27-31)36-16-8-10-18-41(36)46-42)28-19-21-40-37(25-28)35-15-7-9-17-39(35)45(40)34-13-5-2-6-14-34/h1-27,43-44H. The molecule has 0 aliphatic rings. The van der Waals surface area contributed by atoms with E-state index in [-0.39, 0.29) is 0 Å². The lowest BCUT2D eigenvalue weighted by Gasteiger charge is -2.14. The van der Waals surface area contributed by atoms with Crippen LogP contribution >= 0.6 is 11.3 Å². The Hall–Kier alpha value is -5.84. The summed E-state index contributed by atoms with van der Waals surface area (Å²) in [5.41, 5.74) is 10.1. The number of nitrogens with zero attached hydrogens (tertiary/aromatic N) is 1. The van der Waals surface area contributed by atoms with Crippen LogP contribution in [0.15, 0.2) is 164 Å². The second-order valence-corrected chi connectivity index (χ2v) is 12.7. The highest BCUT2D eigenvalue weighted by atomic mass is 32.1. The van der Waals surface area contributed by atoms with E-state index in [2.05, 4.69) is 173 Å². The number of hydrogen-bond donors (Lipinski definition) is 2. The van der Waals surface area contributed by atoms with E-state index >= 15 is 0 Å². The highest BCUT2D eigenvalue weighted by Gasteiger charge is 2.14. The second-order valence-electron chi connectivity index (χ2n) is 11.6. The van der Waals surface area contributed by atoms with Gasteiger partial charge >= 0.3 is 0 Å². The first-order chi connectivity index (χ1) is 22.8. The van der Waals surface area contributed by atoms with Crippen LogP contribution in [-0.2, 0) is 0 Å². The summed E-state index contributed by atoms with van der Waals surface area (Å²) in [5.74, 6) is 0. The van der Waals surface area contributed by atoms with Crippen molar-refractivity contribution in [1.82, 2.24) is 4.57 Å². The van der Waals surface area contributed by atoms with Crippen molar-refractivity contribution >= 4 is 76.1 Å². The molecule has 0 amide bonds. The molecule has 0 saturated heterocycles. The summed E-state index contributed by atoms with van der Waals surface area (Å²) in [6.45, 7) is 0. The van der Waals surface area contributed by atoms with Crippen LogP contribution in [-0.4, -0.2) is 4.57 Å². The minimum atomic E-state index is 1.03. The molecule has 0 atom stereocenters. The molecule has 3 nitrogen and oxygen atoms in total. The number of anilines is 4. The first kappa shape index (κ1) is 26.6. The van der Waals surface area contributed by atoms with Gasteiger partial charge in [0.15, 0.2) is 0 Å². The number of para-hydroxylation sites is 3. The molecule has 0 aliphatic carbocycles. The van der Waals surface area contributed by atoms with Crippen molar-refractivity contribution < 1.29 is 0 Å². The molecule has 9 aromatic rings. The summed E-state index contributed by atoms with van der Waals surface area (Å²) in [6.07, 6.45) is 0. The van der Waals surface area contributed by atoms with E-state index in [1.807, 2.05) is 17.4 Å². The van der Waals surface area contributed by atoms with Gasteiger partial charge in [-0.1, -0.05) is 78.9 Å². The van der Waals surface area contributed by atoms with Crippen LogP contribution in [0.2, 0.25) is 0 Å². The molecule has 9 rings (SSSR count). The smallest absolute Gasteiger partial charge is 0.0541 e. The Morgan fingerprint density at radius 3 is 1.85 bits per heavy atom. The Bertz CT molecular complexity index is 2530. The zero-order chi connectivity index (χ0) is 30.5. The fourth-order valence-corrected chi connectivity index (χ4v) is 7.69. The van der Waals surface area contributed by atoms with Crippen molar-refractivity contribution in [3.63, 3.8) is 0 Å². The minimum Gasteiger partial charge on any atom is -0.355 e. The van der Waals surface area contributed by atoms with Crippen LogP contribution in [0.5, 0.6) is 0 Å². The quantitative estimate of drug-likeness (QED) is 0.197. The zero-order valence-electron chi connectivity index (χ0n) is 24.9. The van der Waals surface area contributed by atoms with E-state index in [0.717, 1.165) is 34.0 Å². The molecule has 2 N–H and O–H groups in total. The van der Waals surface area contributed by atoms with Gasteiger partial charge in [-0.15, -0.1) is 11.3 Å². The van der Waals surface area contributed by atoms with E-state index in [0.29, 0.717) is 0 Å². The van der Waals surface area contributed by atoms with Gasteiger partial charge in [0, 0.05) is 59.4 Å². The van der Waals surface area contributed by atoms with Crippen molar-refractivity contribution in [3.8, 4) is 16.8 Å². The molecule has 0 radical (unpaired) electrons. The molecule has 218 valence electrons. The maximum Gasteiger partial charge on any atom is 0.0541 e. The average Bonchev–Trinajstić information content (AvgIpc) is 3.64. The molecule has 2 heterocycles. The van der Waals surface area contributed by atoms with Gasteiger partial charge in [0.25, 0.3) is 0 Å². The Morgan fingerprint density at radius 2 is 1.02 bits per heavy atom. The van der Waals surface area contributed by atoms with Crippen molar-refractivity contribution in [2.24, 2.45) is 0 Å². The van der Waals surface area contributed by atoms with Gasteiger partial charge in [-0.3, -0.25) is 0 Å². The molecule has 0 aliphatic heterocycles. The molecule has 2 aromatic heterocycles. The molecule has 7 aromatic carbocycles. The molecule has 4 heteroatoms. The van der Waals surface area contributed by atoms with E-state index in [9.17, 15) is 0 Å². The van der Waals surface area contributed by atoms with Crippen LogP contribution in [0.25, 0.3) is 58.8 Å². The summed E-state index contributed by atoms with van der Waals surface area (Å²) in [4.78, 5) is 0. The molecule has 46 heavy (non-hydrogen) atoms. The fraction of sp³-hybridized carbons (Fsp3) is 0. The first-order valence-electron chi connectivity index (χ1n) is 15.5. The molecule has 0 bridgehead atoms. The van der Waals surface area contributed by atoms with Gasteiger partial charge in [0.1, 0.15) is 0 Å². The summed E-state index contributed by atoms with van der Waals surface area (Å²) in [7, 11) is 0. The van der Waals surface area contributed by atoms with E-state index in [1.54, 1.807) is 0 Å². The first-order valence-corrected chi connectivity index (χ1v) is 16.3. The summed E-state index contributed by atoms with van der Waals surface area (Å²) < 4.78 is 4.98. The lowest BCUT2D eigenvalue weighted by molar-refractivity contribution is 1.18. The van der Waals surface area contributed by atoms with Crippen LogP contribution in [0.1, 0.15) is 0 Å². The van der Waals surface area contributed by atoms with E-state index < -0.39 is 0 Å². The number of benzene rings is 7. The molecular formula is C42H29N3S. The monoisotopic (exact) mass is 607 g/mol. The van der Waals surface area contributed by atoms with Gasteiger partial charge in [-0.2, -0.15) is 0 Å². The largest absolute Gasteiger partial charge is 0.355 e. The molecular weight excluding hydrogens is 579 g/mol. The minimum absolute atomic E-state index is 1.03. The van der Waals surface area contributed by atoms with Crippen molar-refractivity contribution in [1.29, 1.82) is 0 Å². The van der Waals surface area contributed by atoms with Gasteiger partial charge < -0.3 is 15.2 Å². The Balaban J connectivity index is 1.17. The lowest BCUT2D eigenvalue weighted by atomic mass is 10.0. The molecule has 0 unspecified atom stereocenters. The number of nitrogens with one attached hydrogen (secondary N) is 2. The fourth-order valence-electron chi connectivity index (χ4n) is 6.60. The third-order valence-electron chi connectivity index (χ3n) is 8.68. The van der Waals surface area contributed by atoms with Gasteiger partial charge in [0.2, 0.25) is 0 Å². The predicted octanol–water partition coefficient (Wildman–Crippen LogP) is 12.3. The lowest BCUT2D eigenvalue weighted by Crippen LogP contribution is -1.95. The molecule has 0 fully saturated rings. The van der Waals surface area contributed by atoms with Crippen LogP contribution < -0.4 is 10.6 Å². The summed E-state index contributed by atoms with van der Waals surface area (Å²) in [6, 6.07) is 58.5. The number of fused-ring (bicyclic) bond motifs is 6. The summed E-state index contributed by atoms with van der Waals surface area (Å²) >= 11 is 1.84. The average molecular weight is 608 g/mol. The zero-order valence-corrected chi connectivity index (χ0v) is 25.8. The third-order valence-corrected chi connectivity index (χ3v) is 9.83. The highest BCUT2D eigenvalue weighted by molar-refractivity contribution is 7.25. The van der Waals surface area contributed by atoms with Crippen LogP contribution in [0.3, 0.4) is 0 Å². The van der Waals surface area contributed by atoms with Crippen molar-refractivity contribution in [2.75, 3.05) is 10.6 Å². The maximum absolute atomic E-state index is 3.74. The van der Waals surface area contributed by atoms with E-state index in [4.69, 9.17) is 0 Å². The SMILES string of the molecule is c1ccc(Nc2cc(Nc3ccc4sc5ccccc5c4c3)cc(-c3ccc4c(c3)c3ccccc3n4-c3ccccc3)c2)cc1. The van der Waals surface area contributed by atoms with Crippen molar-refractivity contribution in [3.05, 3.63) is 164 Å². The predicted molar refractivity (Wildman–Crippen MR) is 199 cm³/mol. The second kappa shape index (κ2) is 11.0. The normalized spacial score (nSPS) is 11.5. The number of hydrogen-bond acceptors (Lipinski definition) is 3. The van der Waals surface area contributed by atoms with Crippen LogP contribution in [0, 0.1) is 0 Å². The highest BCUT2D eigenvalue weighted by Crippen LogP contribution is 2.39. The molecule has 0 saturated carbocycles. The maximum atomic E-state index is 3.74. The van der Waals surface area contributed by atoms with Gasteiger partial charge in [0.05, 0.1) is 11.0 Å². The summed E-state index contributed by atoms with van der Waals surface area (Å²) in [5, 5.41) is 12.4. The van der Waals surface area contributed by atoms with Gasteiger partial charge in [-0.25, -0.2) is 0 Å². The Labute approximate surface area is 271 Å². The van der Waals surface area contributed by atoms with Crippen molar-refractivity contribution in [2.45, 2.75) is 0 Å². The molecule has 0 spiro atoms. The van der Waals surface area contributed by atoms with Gasteiger partial charge in [-0.05, 0) is 96.1 Å². The number of aromatic nitrogens is 1. The topological polar surface area (TPSA) is 29.0 Å². The Kier molecular flexibility index (Phi) is 6.32. The third kappa shape index (κ3) is 4.68. The number of rotatable bonds is 6. The van der Waals surface area contributed by atoms with E-state index in [1.165, 1.54) is 47.5 Å².